The number of aromatic nitrogens is 1. The van der Waals surface area contributed by atoms with E-state index in [1.165, 1.54) is 48.5 Å². The maximum absolute atomic E-state index is 5.25. The molecule has 0 spiro atoms. The van der Waals surface area contributed by atoms with E-state index in [1.807, 2.05) is 0 Å². The number of hydrogen-bond acceptors (Lipinski definition) is 1. The molecular weight excluding hydrogens is 466 g/mol. The van der Waals surface area contributed by atoms with Gasteiger partial charge in [0.15, 0.2) is 0 Å². The lowest BCUT2D eigenvalue weighted by atomic mass is 9.89. The molecular formula is C31H18BrN. The molecule has 7 aromatic rings. The Hall–Kier alpha value is -3.75. The van der Waals surface area contributed by atoms with E-state index in [9.17, 15) is 0 Å². The van der Waals surface area contributed by atoms with Gasteiger partial charge >= 0.3 is 0 Å². The summed E-state index contributed by atoms with van der Waals surface area (Å²) in [5.74, 6) is 0. The van der Waals surface area contributed by atoms with Crippen LogP contribution in [0.5, 0.6) is 0 Å². The average Bonchev–Trinajstić information content (AvgIpc) is 2.87. The Bertz CT molecular complexity index is 1880. The SMILES string of the molecule is Brc1ccc2cc(-c3nc4ccccc4c4c5ccccc5c5ccccc5c34)ccc2c1. The number of fused-ring (bicyclic) bond motifs is 9. The van der Waals surface area contributed by atoms with Gasteiger partial charge in [0.25, 0.3) is 0 Å². The van der Waals surface area contributed by atoms with Gasteiger partial charge in [-0.05, 0) is 56.6 Å². The summed E-state index contributed by atoms with van der Waals surface area (Å²) in [6.07, 6.45) is 0. The molecule has 1 heterocycles. The van der Waals surface area contributed by atoms with Crippen LogP contribution in [-0.4, -0.2) is 4.98 Å². The molecule has 0 N–H and O–H groups in total. The Kier molecular flexibility index (Phi) is 4.06. The van der Waals surface area contributed by atoms with Crippen LogP contribution in [-0.2, 0) is 0 Å². The summed E-state index contributed by atoms with van der Waals surface area (Å²) in [4.78, 5) is 5.25. The molecule has 0 aliphatic carbocycles. The van der Waals surface area contributed by atoms with Crippen LogP contribution in [0.3, 0.4) is 0 Å². The van der Waals surface area contributed by atoms with Crippen molar-refractivity contribution in [2.24, 2.45) is 0 Å². The zero-order chi connectivity index (χ0) is 21.9. The van der Waals surface area contributed by atoms with E-state index in [4.69, 9.17) is 4.98 Å². The summed E-state index contributed by atoms with van der Waals surface area (Å²) in [5.41, 5.74) is 3.20. The van der Waals surface area contributed by atoms with Crippen molar-refractivity contribution in [1.82, 2.24) is 4.98 Å². The first-order valence-corrected chi connectivity index (χ1v) is 11.9. The zero-order valence-corrected chi connectivity index (χ0v) is 19.3. The summed E-state index contributed by atoms with van der Waals surface area (Å²) < 4.78 is 1.09. The lowest BCUT2D eigenvalue weighted by molar-refractivity contribution is 1.44. The highest BCUT2D eigenvalue weighted by atomic mass is 79.9. The topological polar surface area (TPSA) is 12.9 Å². The van der Waals surface area contributed by atoms with Crippen molar-refractivity contribution in [1.29, 1.82) is 0 Å². The van der Waals surface area contributed by atoms with E-state index in [0.29, 0.717) is 0 Å². The van der Waals surface area contributed by atoms with Gasteiger partial charge in [0.05, 0.1) is 11.2 Å². The molecule has 0 saturated carbocycles. The molecule has 154 valence electrons. The number of pyridine rings is 1. The second-order valence-corrected chi connectivity index (χ2v) is 9.44. The molecule has 0 amide bonds. The van der Waals surface area contributed by atoms with Crippen LogP contribution in [0.4, 0.5) is 0 Å². The second-order valence-electron chi connectivity index (χ2n) is 8.52. The molecule has 1 nitrogen and oxygen atoms in total. The van der Waals surface area contributed by atoms with E-state index in [-0.39, 0.29) is 0 Å². The fourth-order valence-corrected chi connectivity index (χ4v) is 5.58. The van der Waals surface area contributed by atoms with Crippen molar-refractivity contribution in [3.63, 3.8) is 0 Å². The molecule has 33 heavy (non-hydrogen) atoms. The molecule has 7 rings (SSSR count). The molecule has 6 aromatic carbocycles. The second kappa shape index (κ2) is 7.13. The fraction of sp³-hybridized carbons (Fsp3) is 0. The molecule has 1 aromatic heterocycles. The standard InChI is InChI=1S/C31H18BrN/c32-22-16-15-19-17-21(14-13-20(19)18-22)31-30-26-10-4-2-8-24(26)23-7-1-3-9-25(23)29(30)27-11-5-6-12-28(27)33-31/h1-18H. The minimum Gasteiger partial charge on any atom is -0.247 e. The first-order chi connectivity index (χ1) is 16.3. The highest BCUT2D eigenvalue weighted by molar-refractivity contribution is 9.10. The van der Waals surface area contributed by atoms with Crippen LogP contribution in [0.15, 0.2) is 114 Å². The molecule has 0 bridgehead atoms. The van der Waals surface area contributed by atoms with Crippen LogP contribution in [0.25, 0.3) is 65.3 Å². The van der Waals surface area contributed by atoms with Crippen molar-refractivity contribution in [3.05, 3.63) is 114 Å². The number of benzene rings is 6. The summed E-state index contributed by atoms with van der Waals surface area (Å²) in [6.45, 7) is 0. The summed E-state index contributed by atoms with van der Waals surface area (Å²) >= 11 is 3.59. The highest BCUT2D eigenvalue weighted by Gasteiger charge is 2.17. The lowest BCUT2D eigenvalue weighted by Gasteiger charge is -2.16. The van der Waals surface area contributed by atoms with E-state index >= 15 is 0 Å². The van der Waals surface area contributed by atoms with Gasteiger partial charge in [-0.15, -0.1) is 0 Å². The molecule has 2 heteroatoms. The predicted molar refractivity (Wildman–Crippen MR) is 145 cm³/mol. The minimum atomic E-state index is 1.02. The van der Waals surface area contributed by atoms with Crippen LogP contribution >= 0.6 is 15.9 Å². The molecule has 0 unspecified atom stereocenters. The Labute approximate surface area is 199 Å². The molecule has 0 aliphatic heterocycles. The fourth-order valence-electron chi connectivity index (χ4n) is 5.20. The third kappa shape index (κ3) is 2.81. The van der Waals surface area contributed by atoms with E-state index in [1.54, 1.807) is 0 Å². The van der Waals surface area contributed by atoms with Gasteiger partial charge in [-0.25, -0.2) is 4.98 Å². The lowest BCUT2D eigenvalue weighted by Crippen LogP contribution is -1.93. The van der Waals surface area contributed by atoms with Crippen LogP contribution < -0.4 is 0 Å². The quantitative estimate of drug-likeness (QED) is 0.212. The Morgan fingerprint density at radius 3 is 1.82 bits per heavy atom. The van der Waals surface area contributed by atoms with Gasteiger partial charge in [0, 0.05) is 26.2 Å². The first kappa shape index (κ1) is 18.8. The number of rotatable bonds is 1. The third-order valence-electron chi connectivity index (χ3n) is 6.65. The van der Waals surface area contributed by atoms with Gasteiger partial charge in [-0.2, -0.15) is 0 Å². The Morgan fingerprint density at radius 2 is 1.06 bits per heavy atom. The van der Waals surface area contributed by atoms with Gasteiger partial charge < -0.3 is 0 Å². The Balaban J connectivity index is 1.74. The van der Waals surface area contributed by atoms with E-state index < -0.39 is 0 Å². The maximum atomic E-state index is 5.25. The number of nitrogens with zero attached hydrogens (tertiary/aromatic N) is 1. The maximum Gasteiger partial charge on any atom is 0.0794 e. The van der Waals surface area contributed by atoms with Crippen molar-refractivity contribution in [2.45, 2.75) is 0 Å². The van der Waals surface area contributed by atoms with E-state index in [0.717, 1.165) is 21.2 Å². The third-order valence-corrected chi connectivity index (χ3v) is 7.14. The number of halogens is 1. The zero-order valence-electron chi connectivity index (χ0n) is 17.7. The van der Waals surface area contributed by atoms with Crippen LogP contribution in [0.1, 0.15) is 0 Å². The van der Waals surface area contributed by atoms with Crippen molar-refractivity contribution in [2.75, 3.05) is 0 Å². The molecule has 0 saturated heterocycles. The van der Waals surface area contributed by atoms with Gasteiger partial charge in [0.2, 0.25) is 0 Å². The average molecular weight is 484 g/mol. The van der Waals surface area contributed by atoms with Crippen LogP contribution in [0, 0.1) is 0 Å². The molecule has 0 fully saturated rings. The van der Waals surface area contributed by atoms with Crippen molar-refractivity contribution < 1.29 is 0 Å². The predicted octanol–water partition coefficient (Wildman–Crippen LogP) is 9.28. The summed E-state index contributed by atoms with van der Waals surface area (Å²) in [5, 5.41) is 11.2. The van der Waals surface area contributed by atoms with Crippen LogP contribution in [0.2, 0.25) is 0 Å². The smallest absolute Gasteiger partial charge is 0.0794 e. The highest BCUT2D eigenvalue weighted by Crippen LogP contribution is 2.42. The molecule has 0 atom stereocenters. The monoisotopic (exact) mass is 483 g/mol. The summed E-state index contributed by atoms with van der Waals surface area (Å²) in [7, 11) is 0. The normalized spacial score (nSPS) is 11.8. The van der Waals surface area contributed by atoms with Gasteiger partial charge in [0.1, 0.15) is 0 Å². The van der Waals surface area contributed by atoms with Crippen molar-refractivity contribution in [3.8, 4) is 11.3 Å². The molecule has 0 aliphatic rings. The first-order valence-electron chi connectivity index (χ1n) is 11.1. The van der Waals surface area contributed by atoms with Crippen molar-refractivity contribution >= 4 is 69.9 Å². The van der Waals surface area contributed by atoms with Gasteiger partial charge in [-0.3, -0.25) is 0 Å². The number of para-hydroxylation sites is 1. The van der Waals surface area contributed by atoms with Gasteiger partial charge in [-0.1, -0.05) is 101 Å². The minimum absolute atomic E-state index is 1.02. The number of hydrogen-bond donors (Lipinski definition) is 0. The largest absolute Gasteiger partial charge is 0.247 e. The van der Waals surface area contributed by atoms with E-state index in [2.05, 4.69) is 125 Å². The summed E-state index contributed by atoms with van der Waals surface area (Å²) in [6, 6.07) is 39.1. The molecule has 0 radical (unpaired) electrons. The Morgan fingerprint density at radius 1 is 0.485 bits per heavy atom.